The zero-order chi connectivity index (χ0) is 17.9. The van der Waals surface area contributed by atoms with E-state index in [0.717, 1.165) is 0 Å². The molecule has 0 aliphatic carbocycles. The minimum absolute atomic E-state index is 0. The smallest absolute Gasteiger partial charge is 0.249 e. The van der Waals surface area contributed by atoms with Gasteiger partial charge in [0.05, 0.1) is 25.9 Å². The number of amides is 2. The summed E-state index contributed by atoms with van der Waals surface area (Å²) in [6, 6.07) is 4.10. The Kier molecular flexibility index (Phi) is 7.51. The predicted octanol–water partition coefficient (Wildman–Crippen LogP) is 1.33. The fraction of sp³-hybridized carbons (Fsp3) is 0.529. The molecule has 7 nitrogen and oxygen atoms in total. The first kappa shape index (κ1) is 21.1. The predicted molar refractivity (Wildman–Crippen MR) is 98.5 cm³/mol. The van der Waals surface area contributed by atoms with Gasteiger partial charge in [-0.3, -0.25) is 9.59 Å². The number of hydrogen-bond donors (Lipinski definition) is 2. The van der Waals surface area contributed by atoms with Crippen molar-refractivity contribution in [1.82, 2.24) is 5.32 Å². The molecular weight excluding hydrogens is 346 g/mol. The molecule has 1 fully saturated rings. The lowest BCUT2D eigenvalue weighted by atomic mass is 10.0. The molecule has 1 aromatic rings. The van der Waals surface area contributed by atoms with E-state index in [0.29, 0.717) is 30.2 Å². The summed E-state index contributed by atoms with van der Waals surface area (Å²) in [7, 11) is 3.11. The van der Waals surface area contributed by atoms with Crippen molar-refractivity contribution in [1.29, 1.82) is 0 Å². The number of halogens is 1. The lowest BCUT2D eigenvalue weighted by Gasteiger charge is -2.20. The van der Waals surface area contributed by atoms with Crippen LogP contribution in [0.4, 0.5) is 5.69 Å². The van der Waals surface area contributed by atoms with Crippen LogP contribution in [0.1, 0.15) is 20.3 Å². The number of anilines is 1. The molecule has 25 heavy (non-hydrogen) atoms. The molecule has 0 spiro atoms. The zero-order valence-corrected chi connectivity index (χ0v) is 15.8. The SMILES string of the molecule is COc1cc(OC)cc(N2CCC(NC(=O)[C@@H](N)C(C)C)C2=O)c1.Cl. The Hall–Kier alpha value is -1.99. The fourth-order valence-electron chi connectivity index (χ4n) is 2.59. The highest BCUT2D eigenvalue weighted by atomic mass is 35.5. The maximum Gasteiger partial charge on any atom is 0.249 e. The number of methoxy groups -OCH3 is 2. The molecule has 0 saturated carbocycles. The van der Waals surface area contributed by atoms with Gasteiger partial charge in [0.15, 0.2) is 0 Å². The average Bonchev–Trinajstić information content (AvgIpc) is 2.94. The fourth-order valence-corrected chi connectivity index (χ4v) is 2.59. The highest BCUT2D eigenvalue weighted by Gasteiger charge is 2.35. The average molecular weight is 372 g/mol. The molecule has 3 N–H and O–H groups in total. The normalized spacial score (nSPS) is 17.9. The number of carbonyl (C=O) groups excluding carboxylic acids is 2. The third kappa shape index (κ3) is 4.76. The minimum Gasteiger partial charge on any atom is -0.497 e. The second kappa shape index (κ2) is 8.92. The van der Waals surface area contributed by atoms with Crippen molar-refractivity contribution in [3.8, 4) is 11.5 Å². The van der Waals surface area contributed by atoms with Crippen LogP contribution in [0, 0.1) is 5.92 Å². The number of benzene rings is 1. The molecule has 0 bridgehead atoms. The number of nitrogens with zero attached hydrogens (tertiary/aromatic N) is 1. The number of hydrogen-bond acceptors (Lipinski definition) is 5. The van der Waals surface area contributed by atoms with Crippen LogP contribution in [0.2, 0.25) is 0 Å². The highest BCUT2D eigenvalue weighted by molar-refractivity contribution is 6.02. The van der Waals surface area contributed by atoms with Gasteiger partial charge in [-0.1, -0.05) is 13.8 Å². The van der Waals surface area contributed by atoms with E-state index in [4.69, 9.17) is 15.2 Å². The van der Waals surface area contributed by atoms with Crippen LogP contribution >= 0.6 is 12.4 Å². The summed E-state index contributed by atoms with van der Waals surface area (Å²) in [6.07, 6.45) is 0.537. The highest BCUT2D eigenvalue weighted by Crippen LogP contribution is 2.31. The standard InChI is InChI=1S/C17H25N3O4.ClH/c1-10(2)15(18)16(21)19-14-5-6-20(17(14)22)11-7-12(23-3)9-13(8-11)24-4;/h7-10,14-15H,5-6,18H2,1-4H3,(H,19,21);1H/t14?,15-;/m0./s1. The van der Waals surface area contributed by atoms with Gasteiger partial charge in [-0.05, 0) is 12.3 Å². The molecule has 1 heterocycles. The van der Waals surface area contributed by atoms with Crippen molar-refractivity contribution in [3.05, 3.63) is 18.2 Å². The van der Waals surface area contributed by atoms with Gasteiger partial charge in [0.2, 0.25) is 11.8 Å². The summed E-state index contributed by atoms with van der Waals surface area (Å²) < 4.78 is 10.5. The number of carbonyl (C=O) groups is 2. The first-order valence-electron chi connectivity index (χ1n) is 7.97. The molecular formula is C17H26ClN3O4. The molecule has 2 amide bonds. The van der Waals surface area contributed by atoms with Crippen molar-refractivity contribution in [2.75, 3.05) is 25.7 Å². The van der Waals surface area contributed by atoms with Crippen molar-refractivity contribution in [2.24, 2.45) is 11.7 Å². The van der Waals surface area contributed by atoms with Gasteiger partial charge in [-0.25, -0.2) is 0 Å². The van der Waals surface area contributed by atoms with Gasteiger partial charge in [0, 0.05) is 24.7 Å². The Morgan fingerprint density at radius 2 is 1.80 bits per heavy atom. The van der Waals surface area contributed by atoms with Crippen LogP contribution < -0.4 is 25.4 Å². The van der Waals surface area contributed by atoms with Gasteiger partial charge < -0.3 is 25.4 Å². The molecule has 1 aromatic carbocycles. The summed E-state index contributed by atoms with van der Waals surface area (Å²) in [4.78, 5) is 26.3. The number of ether oxygens (including phenoxy) is 2. The Morgan fingerprint density at radius 3 is 2.28 bits per heavy atom. The monoisotopic (exact) mass is 371 g/mol. The van der Waals surface area contributed by atoms with E-state index < -0.39 is 12.1 Å². The first-order valence-corrected chi connectivity index (χ1v) is 7.97. The van der Waals surface area contributed by atoms with Crippen molar-refractivity contribution in [2.45, 2.75) is 32.4 Å². The number of nitrogens with two attached hydrogens (primary N) is 1. The maximum atomic E-state index is 12.6. The van der Waals surface area contributed by atoms with E-state index in [1.54, 1.807) is 37.3 Å². The zero-order valence-electron chi connectivity index (χ0n) is 14.9. The van der Waals surface area contributed by atoms with Gasteiger partial charge >= 0.3 is 0 Å². The van der Waals surface area contributed by atoms with E-state index in [1.807, 2.05) is 13.8 Å². The second-order valence-electron chi connectivity index (χ2n) is 6.18. The third-order valence-corrected chi connectivity index (χ3v) is 4.19. The van der Waals surface area contributed by atoms with Crippen molar-refractivity contribution >= 4 is 29.9 Å². The largest absolute Gasteiger partial charge is 0.497 e. The molecule has 1 aliphatic heterocycles. The lowest BCUT2D eigenvalue weighted by molar-refractivity contribution is -0.127. The van der Waals surface area contributed by atoms with E-state index in [9.17, 15) is 9.59 Å². The molecule has 2 atom stereocenters. The Balaban J connectivity index is 0.00000312. The molecule has 1 saturated heterocycles. The van der Waals surface area contributed by atoms with Crippen LogP contribution in [0.3, 0.4) is 0 Å². The van der Waals surface area contributed by atoms with Crippen LogP contribution in [0.25, 0.3) is 0 Å². The maximum absolute atomic E-state index is 12.6. The number of nitrogens with one attached hydrogen (secondary N) is 1. The summed E-state index contributed by atoms with van der Waals surface area (Å²) in [6.45, 7) is 4.25. The van der Waals surface area contributed by atoms with E-state index >= 15 is 0 Å². The van der Waals surface area contributed by atoms with Gasteiger partial charge in [-0.2, -0.15) is 0 Å². The summed E-state index contributed by atoms with van der Waals surface area (Å²) in [5, 5.41) is 2.75. The molecule has 8 heteroatoms. The Labute approximate surface area is 154 Å². The van der Waals surface area contributed by atoms with Crippen molar-refractivity contribution in [3.63, 3.8) is 0 Å². The van der Waals surface area contributed by atoms with Gasteiger partial charge in [-0.15, -0.1) is 12.4 Å². The molecule has 0 radical (unpaired) electrons. The molecule has 2 rings (SSSR count). The molecule has 0 aromatic heterocycles. The van der Waals surface area contributed by atoms with Crippen LogP contribution in [0.5, 0.6) is 11.5 Å². The molecule has 1 unspecified atom stereocenters. The Morgan fingerprint density at radius 1 is 1.24 bits per heavy atom. The second-order valence-corrected chi connectivity index (χ2v) is 6.18. The summed E-state index contributed by atoms with van der Waals surface area (Å²) in [5.41, 5.74) is 6.52. The summed E-state index contributed by atoms with van der Waals surface area (Å²) >= 11 is 0. The van der Waals surface area contributed by atoms with Crippen LogP contribution in [0.15, 0.2) is 18.2 Å². The topological polar surface area (TPSA) is 93.9 Å². The molecule has 1 aliphatic rings. The third-order valence-electron chi connectivity index (χ3n) is 4.19. The summed E-state index contributed by atoms with van der Waals surface area (Å²) in [5.74, 6) is 0.765. The van der Waals surface area contributed by atoms with E-state index in [1.165, 1.54) is 0 Å². The lowest BCUT2D eigenvalue weighted by Crippen LogP contribution is -2.50. The first-order chi connectivity index (χ1) is 11.4. The van der Waals surface area contributed by atoms with Gasteiger partial charge in [0.25, 0.3) is 0 Å². The minimum atomic E-state index is -0.622. The number of rotatable bonds is 6. The quantitative estimate of drug-likeness (QED) is 0.786. The van der Waals surface area contributed by atoms with Crippen molar-refractivity contribution < 1.29 is 19.1 Å². The van der Waals surface area contributed by atoms with E-state index in [2.05, 4.69) is 5.32 Å². The molecule has 140 valence electrons. The van der Waals surface area contributed by atoms with Gasteiger partial charge in [0.1, 0.15) is 17.5 Å². The van der Waals surface area contributed by atoms with Crippen LogP contribution in [-0.4, -0.2) is 44.7 Å². The van der Waals surface area contributed by atoms with Crippen LogP contribution in [-0.2, 0) is 9.59 Å². The Bertz CT molecular complexity index is 602. The van der Waals surface area contributed by atoms with E-state index in [-0.39, 0.29) is 30.1 Å².